The smallest absolute Gasteiger partial charge is 0.0462 e. The minimum absolute atomic E-state index is 0.717. The molecule has 2 nitrogen and oxygen atoms in total. The van der Waals surface area contributed by atoms with E-state index >= 15 is 0 Å². The van der Waals surface area contributed by atoms with E-state index in [0.717, 1.165) is 36.9 Å². The first-order chi connectivity index (χ1) is 9.73. The van der Waals surface area contributed by atoms with Crippen molar-refractivity contribution >= 4 is 0 Å². The Labute approximate surface area is 125 Å². The molecule has 0 aliphatic heterocycles. The minimum atomic E-state index is 0.717. The van der Waals surface area contributed by atoms with Gasteiger partial charge in [-0.3, -0.25) is 0 Å². The van der Waals surface area contributed by atoms with Crippen molar-refractivity contribution < 1.29 is 4.74 Å². The van der Waals surface area contributed by atoms with Crippen LogP contribution >= 0.6 is 0 Å². The maximum Gasteiger partial charge on any atom is 0.0462 e. The van der Waals surface area contributed by atoms with Crippen molar-refractivity contribution in [3.63, 3.8) is 0 Å². The molecule has 0 heterocycles. The maximum absolute atomic E-state index is 5.24. The lowest BCUT2D eigenvalue weighted by molar-refractivity contribution is -0.0625. The highest BCUT2D eigenvalue weighted by Gasteiger charge is 2.51. The molecule has 0 amide bonds. The Morgan fingerprint density at radius 2 is 1.70 bits per heavy atom. The Kier molecular flexibility index (Phi) is 4.72. The van der Waals surface area contributed by atoms with E-state index in [2.05, 4.69) is 12.2 Å². The molecule has 4 bridgehead atoms. The number of hydrogen-bond acceptors (Lipinski definition) is 2. The largest absolute Gasteiger partial charge is 0.385 e. The van der Waals surface area contributed by atoms with Gasteiger partial charge in [-0.25, -0.2) is 0 Å². The Bertz CT molecular complexity index is 279. The van der Waals surface area contributed by atoms with Gasteiger partial charge in [0.2, 0.25) is 0 Å². The first-order valence-electron chi connectivity index (χ1n) is 8.95. The van der Waals surface area contributed by atoms with Crippen LogP contribution in [0.2, 0.25) is 0 Å². The van der Waals surface area contributed by atoms with Crippen LogP contribution in [0.1, 0.15) is 64.7 Å². The molecule has 4 aliphatic carbocycles. The third-order valence-electron chi connectivity index (χ3n) is 6.24. The molecule has 4 aliphatic rings. The highest BCUT2D eigenvalue weighted by Crippen LogP contribution is 2.61. The summed E-state index contributed by atoms with van der Waals surface area (Å²) in [5.74, 6) is 3.26. The fourth-order valence-electron chi connectivity index (χ4n) is 6.10. The topological polar surface area (TPSA) is 21.3 Å². The molecule has 0 spiro atoms. The van der Waals surface area contributed by atoms with Crippen LogP contribution in [-0.4, -0.2) is 26.3 Å². The average Bonchev–Trinajstić information content (AvgIpc) is 2.37. The standard InChI is InChI=1S/C18H33NO/c1-3-19-17(5-4-6-20-2)13-18-10-14-7-15(11-18)9-16(8-14)12-18/h14-17,19H,3-13H2,1-2H3. The van der Waals surface area contributed by atoms with E-state index in [1.165, 1.54) is 19.3 Å². The van der Waals surface area contributed by atoms with Crippen LogP contribution in [0.3, 0.4) is 0 Å². The van der Waals surface area contributed by atoms with E-state index in [0.29, 0.717) is 5.41 Å². The maximum atomic E-state index is 5.24. The van der Waals surface area contributed by atoms with Crippen molar-refractivity contribution in [2.45, 2.75) is 70.8 Å². The van der Waals surface area contributed by atoms with Crippen molar-refractivity contribution in [2.75, 3.05) is 20.3 Å². The molecule has 0 saturated heterocycles. The summed E-state index contributed by atoms with van der Waals surface area (Å²) >= 11 is 0. The van der Waals surface area contributed by atoms with Gasteiger partial charge in [-0.05, 0) is 87.5 Å². The lowest BCUT2D eigenvalue weighted by Gasteiger charge is -2.57. The van der Waals surface area contributed by atoms with Crippen molar-refractivity contribution in [1.29, 1.82) is 0 Å². The predicted molar refractivity (Wildman–Crippen MR) is 83.8 cm³/mol. The Morgan fingerprint density at radius 3 is 2.20 bits per heavy atom. The molecule has 1 unspecified atom stereocenters. The Balaban J connectivity index is 1.59. The summed E-state index contributed by atoms with van der Waals surface area (Å²) in [5.41, 5.74) is 0.717. The van der Waals surface area contributed by atoms with Crippen LogP contribution in [0.25, 0.3) is 0 Å². The molecule has 1 atom stereocenters. The minimum Gasteiger partial charge on any atom is -0.385 e. The van der Waals surface area contributed by atoms with Crippen LogP contribution in [0.4, 0.5) is 0 Å². The van der Waals surface area contributed by atoms with E-state index in [9.17, 15) is 0 Å². The van der Waals surface area contributed by atoms with E-state index in [4.69, 9.17) is 4.74 Å². The Morgan fingerprint density at radius 1 is 1.10 bits per heavy atom. The lowest BCUT2D eigenvalue weighted by atomic mass is 9.48. The van der Waals surface area contributed by atoms with E-state index in [1.54, 1.807) is 38.5 Å². The molecule has 4 rings (SSSR count). The second kappa shape index (κ2) is 6.36. The molecule has 116 valence electrons. The quantitative estimate of drug-likeness (QED) is 0.678. The van der Waals surface area contributed by atoms with Crippen molar-refractivity contribution in [2.24, 2.45) is 23.2 Å². The van der Waals surface area contributed by atoms with E-state index < -0.39 is 0 Å². The molecule has 20 heavy (non-hydrogen) atoms. The summed E-state index contributed by atoms with van der Waals surface area (Å²) in [7, 11) is 1.82. The molecule has 0 aromatic carbocycles. The van der Waals surface area contributed by atoms with Crippen LogP contribution in [0.5, 0.6) is 0 Å². The predicted octanol–water partition coefficient (Wildman–Crippen LogP) is 4.00. The monoisotopic (exact) mass is 279 g/mol. The van der Waals surface area contributed by atoms with Crippen molar-refractivity contribution in [3.8, 4) is 0 Å². The molecular weight excluding hydrogens is 246 g/mol. The number of methoxy groups -OCH3 is 1. The zero-order valence-electron chi connectivity index (χ0n) is 13.5. The van der Waals surface area contributed by atoms with Gasteiger partial charge in [0.05, 0.1) is 0 Å². The summed E-state index contributed by atoms with van der Waals surface area (Å²) in [4.78, 5) is 0. The van der Waals surface area contributed by atoms with E-state index in [-0.39, 0.29) is 0 Å². The molecule has 4 saturated carbocycles. The van der Waals surface area contributed by atoms with Gasteiger partial charge in [0.15, 0.2) is 0 Å². The van der Waals surface area contributed by atoms with Crippen LogP contribution < -0.4 is 5.32 Å². The summed E-state index contributed by atoms with van der Waals surface area (Å²) in [5, 5.41) is 3.76. The zero-order valence-corrected chi connectivity index (χ0v) is 13.5. The van der Waals surface area contributed by atoms with Crippen LogP contribution in [0, 0.1) is 23.2 Å². The number of nitrogens with one attached hydrogen (secondary N) is 1. The first-order valence-corrected chi connectivity index (χ1v) is 8.95. The number of ether oxygens (including phenoxy) is 1. The van der Waals surface area contributed by atoms with Gasteiger partial charge in [-0.15, -0.1) is 0 Å². The molecular formula is C18H33NO. The number of hydrogen-bond donors (Lipinski definition) is 1. The molecule has 0 radical (unpaired) electrons. The molecule has 2 heteroatoms. The summed E-state index contributed by atoms with van der Waals surface area (Å²) in [6.45, 7) is 4.29. The van der Waals surface area contributed by atoms with Crippen LogP contribution in [0.15, 0.2) is 0 Å². The highest BCUT2D eigenvalue weighted by molar-refractivity contribution is 5.02. The van der Waals surface area contributed by atoms with Gasteiger partial charge in [0.25, 0.3) is 0 Å². The zero-order chi connectivity index (χ0) is 14.0. The van der Waals surface area contributed by atoms with Gasteiger partial charge in [0, 0.05) is 19.8 Å². The van der Waals surface area contributed by atoms with Gasteiger partial charge in [-0.2, -0.15) is 0 Å². The highest BCUT2D eigenvalue weighted by atomic mass is 16.5. The summed E-state index contributed by atoms with van der Waals surface area (Å²) < 4.78 is 5.24. The SMILES string of the molecule is CCNC(CCCOC)CC12CC3CC(CC(C3)C1)C2. The van der Waals surface area contributed by atoms with Crippen molar-refractivity contribution in [1.82, 2.24) is 5.32 Å². The fraction of sp³-hybridized carbons (Fsp3) is 1.00. The molecule has 0 aromatic rings. The van der Waals surface area contributed by atoms with Gasteiger partial charge in [-0.1, -0.05) is 6.92 Å². The summed E-state index contributed by atoms with van der Waals surface area (Å²) in [6, 6.07) is 0.728. The molecule has 0 aromatic heterocycles. The van der Waals surface area contributed by atoms with Crippen molar-refractivity contribution in [3.05, 3.63) is 0 Å². The third kappa shape index (κ3) is 3.22. The first kappa shape index (κ1) is 14.8. The van der Waals surface area contributed by atoms with Gasteiger partial charge >= 0.3 is 0 Å². The second-order valence-corrected chi connectivity index (χ2v) is 8.01. The lowest BCUT2D eigenvalue weighted by Crippen LogP contribution is -2.49. The third-order valence-corrected chi connectivity index (χ3v) is 6.24. The molecule has 4 fully saturated rings. The number of rotatable bonds is 8. The summed E-state index contributed by atoms with van der Waals surface area (Å²) in [6.07, 6.45) is 13.3. The van der Waals surface area contributed by atoms with Gasteiger partial charge in [0.1, 0.15) is 0 Å². The normalized spacial score (nSPS) is 40.2. The molecule has 1 N–H and O–H groups in total. The average molecular weight is 279 g/mol. The fourth-order valence-corrected chi connectivity index (χ4v) is 6.10. The van der Waals surface area contributed by atoms with Crippen LogP contribution in [-0.2, 0) is 4.74 Å². The second-order valence-electron chi connectivity index (χ2n) is 8.01. The van der Waals surface area contributed by atoms with Gasteiger partial charge < -0.3 is 10.1 Å². The van der Waals surface area contributed by atoms with E-state index in [1.807, 2.05) is 7.11 Å². The Hall–Kier alpha value is -0.0800.